The quantitative estimate of drug-likeness (QED) is 0.162. The van der Waals surface area contributed by atoms with Crippen LogP contribution in [0.1, 0.15) is 58.2 Å². The second kappa shape index (κ2) is 12.6. The number of ether oxygens (including phenoxy) is 1. The van der Waals surface area contributed by atoms with Crippen LogP contribution in [-0.4, -0.2) is 9.55 Å². The number of fused-ring (bicyclic) bond motifs is 3. The van der Waals surface area contributed by atoms with E-state index in [1.165, 1.54) is 28.1 Å². The van der Waals surface area contributed by atoms with Gasteiger partial charge in [-0.25, -0.2) is 4.98 Å². The summed E-state index contributed by atoms with van der Waals surface area (Å²) >= 11 is 0. The third-order valence-electron chi connectivity index (χ3n) is 9.01. The van der Waals surface area contributed by atoms with Crippen LogP contribution < -0.4 is 14.5 Å². The molecular weight excluding hydrogens is 772 g/mol. The number of para-hydroxylation sites is 1. The molecule has 7 rings (SSSR count). The molecule has 0 spiro atoms. The van der Waals surface area contributed by atoms with Gasteiger partial charge < -0.3 is 19.1 Å². The summed E-state index contributed by atoms with van der Waals surface area (Å²) < 4.78 is 8.69. The summed E-state index contributed by atoms with van der Waals surface area (Å²) in [4.78, 5) is 9.24. The fourth-order valence-corrected chi connectivity index (χ4v) is 6.24. The van der Waals surface area contributed by atoms with Gasteiger partial charge in [0.1, 0.15) is 5.82 Å². The molecule has 5 nitrogen and oxygen atoms in total. The van der Waals surface area contributed by atoms with Gasteiger partial charge in [-0.05, 0) is 71.8 Å². The Hall–Kier alpha value is -4.34. The van der Waals surface area contributed by atoms with E-state index >= 15 is 0 Å². The first-order chi connectivity index (χ1) is 22.4. The summed E-state index contributed by atoms with van der Waals surface area (Å²) in [6, 6.07) is 36.4. The Bertz CT molecular complexity index is 2170. The first kappa shape index (κ1) is 33.6. The predicted octanol–water partition coefficient (Wildman–Crippen LogP) is 10.8. The Labute approximate surface area is 299 Å². The average molecular weight is 813 g/mol. The van der Waals surface area contributed by atoms with Crippen molar-refractivity contribution in [2.75, 3.05) is 9.80 Å². The molecule has 0 unspecified atom stereocenters. The molecule has 0 aliphatic carbocycles. The summed E-state index contributed by atoms with van der Waals surface area (Å²) in [6.07, 6.45) is 4.13. The Morgan fingerprint density at radius 3 is 2.27 bits per heavy atom. The largest absolute Gasteiger partial charge is 0.509 e. The molecule has 248 valence electrons. The third-order valence-corrected chi connectivity index (χ3v) is 9.01. The number of aryl methyl sites for hydroxylation is 1. The molecule has 0 N–H and O–H groups in total. The smallest absolute Gasteiger partial charge is 0.135 e. The van der Waals surface area contributed by atoms with E-state index in [0.29, 0.717) is 11.5 Å². The van der Waals surface area contributed by atoms with Crippen molar-refractivity contribution in [1.82, 2.24) is 9.55 Å². The fourth-order valence-electron chi connectivity index (χ4n) is 6.24. The number of benzene rings is 4. The number of hydrogen-bond acceptors (Lipinski definition) is 4. The van der Waals surface area contributed by atoms with Gasteiger partial charge in [-0.2, -0.15) is 12.1 Å². The number of allylic oxidation sites excluding steroid dienone is 1. The van der Waals surface area contributed by atoms with E-state index in [9.17, 15) is 0 Å². The Kier molecular flexibility index (Phi) is 8.81. The molecule has 6 heteroatoms. The Balaban J connectivity index is 0.00000401. The number of pyridine rings is 1. The minimum Gasteiger partial charge on any atom is -0.509 e. The molecule has 48 heavy (non-hydrogen) atoms. The van der Waals surface area contributed by atoms with Gasteiger partial charge in [0.25, 0.3) is 0 Å². The minimum absolute atomic E-state index is 0. The zero-order chi connectivity index (χ0) is 33.1. The summed E-state index contributed by atoms with van der Waals surface area (Å²) in [7, 11) is 0. The Morgan fingerprint density at radius 2 is 1.50 bits per heavy atom. The van der Waals surface area contributed by atoms with E-state index in [1.807, 2.05) is 24.4 Å². The molecule has 0 saturated heterocycles. The first-order valence-corrected chi connectivity index (χ1v) is 16.2. The van der Waals surface area contributed by atoms with Crippen LogP contribution in [0.25, 0.3) is 27.6 Å². The molecule has 1 aliphatic rings. The van der Waals surface area contributed by atoms with Gasteiger partial charge in [0.05, 0.1) is 0 Å². The van der Waals surface area contributed by atoms with E-state index in [2.05, 4.69) is 161 Å². The first-order valence-electron chi connectivity index (χ1n) is 16.2. The number of nitrogens with zero attached hydrogens (tertiary/aromatic N) is 4. The molecule has 0 saturated carbocycles. The van der Waals surface area contributed by atoms with Crippen LogP contribution in [0, 0.1) is 38.1 Å². The van der Waals surface area contributed by atoms with E-state index in [4.69, 9.17) is 9.72 Å². The van der Waals surface area contributed by atoms with Crippen LogP contribution in [0.4, 0.5) is 11.4 Å². The van der Waals surface area contributed by atoms with Crippen LogP contribution in [0.2, 0.25) is 0 Å². The second-order valence-electron chi connectivity index (χ2n) is 14.5. The topological polar surface area (TPSA) is 33.5 Å². The maximum absolute atomic E-state index is 6.50. The summed E-state index contributed by atoms with van der Waals surface area (Å²) in [5, 5.41) is 2.26. The van der Waals surface area contributed by atoms with Crippen molar-refractivity contribution in [3.8, 4) is 17.3 Å². The van der Waals surface area contributed by atoms with Crippen molar-refractivity contribution in [1.29, 1.82) is 0 Å². The normalized spacial score (nSPS) is 13.6. The van der Waals surface area contributed by atoms with E-state index < -0.39 is 0 Å². The van der Waals surface area contributed by atoms with Gasteiger partial charge in [0, 0.05) is 61.1 Å². The maximum Gasteiger partial charge on any atom is 0.135 e. The summed E-state index contributed by atoms with van der Waals surface area (Å²) in [6.45, 7) is 19.9. The molecule has 0 bridgehead atoms. The number of aromatic nitrogens is 2. The van der Waals surface area contributed by atoms with E-state index in [0.717, 1.165) is 33.3 Å². The van der Waals surface area contributed by atoms with Crippen molar-refractivity contribution in [3.05, 3.63) is 139 Å². The van der Waals surface area contributed by atoms with Gasteiger partial charge >= 0.3 is 0 Å². The molecule has 2 aromatic heterocycles. The number of anilines is 2. The molecule has 0 amide bonds. The van der Waals surface area contributed by atoms with Gasteiger partial charge in [0.15, 0.2) is 0 Å². The van der Waals surface area contributed by atoms with Crippen LogP contribution in [-0.2, 0) is 26.5 Å². The number of rotatable bonds is 5. The molecular formula is C42H41N4OPt-3. The fraction of sp³-hybridized carbons (Fsp3) is 0.238. The average Bonchev–Trinajstić information content (AvgIpc) is 3.63. The van der Waals surface area contributed by atoms with Gasteiger partial charge in [-0.15, -0.1) is 48.1 Å². The second-order valence-corrected chi connectivity index (χ2v) is 14.5. The van der Waals surface area contributed by atoms with E-state index in [-0.39, 0.29) is 31.9 Å². The van der Waals surface area contributed by atoms with Crippen molar-refractivity contribution in [2.24, 2.45) is 5.41 Å². The maximum atomic E-state index is 6.50. The third kappa shape index (κ3) is 6.17. The van der Waals surface area contributed by atoms with Crippen molar-refractivity contribution < 1.29 is 25.8 Å². The molecule has 0 atom stereocenters. The standard InChI is InChI=1S/C42H41N4O.Pt/c1-28-13-11-18-36(29(28)2)44-26-39(42(6,7)8)45(27-44)31-14-12-15-32(24-31)47-33-19-20-35-34-16-9-10-17-37(34)46(38(35)25-33)40-23-30(21-22-43-40)41(3,4)5;/h9-23,26-27H,1-8H3;/q-3;. The van der Waals surface area contributed by atoms with Crippen molar-refractivity contribution in [2.45, 2.75) is 60.8 Å². The van der Waals surface area contributed by atoms with Gasteiger partial charge in [-0.3, -0.25) is 0 Å². The molecule has 1 aliphatic heterocycles. The molecule has 3 heterocycles. The van der Waals surface area contributed by atoms with Crippen LogP contribution >= 0.6 is 0 Å². The van der Waals surface area contributed by atoms with E-state index in [1.54, 1.807) is 0 Å². The molecule has 0 radical (unpaired) electrons. The van der Waals surface area contributed by atoms with Crippen LogP contribution in [0.3, 0.4) is 0 Å². The molecule has 0 fully saturated rings. The SMILES string of the molecule is Cc1cccc(N2C=C(C(C)(C)C)N(c3[c-]c(Oc4[c-]c5c(cc4)c4ccccc4n5-c4cc(C(C)(C)C)ccn4)ccc3)[CH-]2)c1C.[Pt]. The molecule has 6 aromatic rings. The molecule has 4 aromatic carbocycles. The van der Waals surface area contributed by atoms with Gasteiger partial charge in [-0.1, -0.05) is 77.4 Å². The zero-order valence-electron chi connectivity index (χ0n) is 28.8. The van der Waals surface area contributed by atoms with Crippen LogP contribution in [0.5, 0.6) is 11.5 Å². The zero-order valence-corrected chi connectivity index (χ0v) is 31.1. The van der Waals surface area contributed by atoms with Crippen molar-refractivity contribution >= 4 is 33.2 Å². The Morgan fingerprint density at radius 1 is 0.750 bits per heavy atom. The monoisotopic (exact) mass is 812 g/mol. The number of hydrogen-bond donors (Lipinski definition) is 0. The predicted molar refractivity (Wildman–Crippen MR) is 194 cm³/mol. The minimum atomic E-state index is -0.0990. The summed E-state index contributed by atoms with van der Waals surface area (Å²) in [5.74, 6) is 2.11. The van der Waals surface area contributed by atoms with Gasteiger partial charge in [0.2, 0.25) is 0 Å². The van der Waals surface area contributed by atoms with Crippen LogP contribution in [0.15, 0.2) is 103 Å². The van der Waals surface area contributed by atoms with Crippen molar-refractivity contribution in [3.63, 3.8) is 0 Å². The summed E-state index contributed by atoms with van der Waals surface area (Å²) in [5.41, 5.74) is 8.93.